The molecule has 7 heteroatoms. The zero-order chi connectivity index (χ0) is 21.9. The van der Waals surface area contributed by atoms with E-state index in [0.29, 0.717) is 16.5 Å². The van der Waals surface area contributed by atoms with Gasteiger partial charge in [0.2, 0.25) is 5.91 Å². The molecular formula is C23H34N2O4S. The van der Waals surface area contributed by atoms with Crippen LogP contribution in [0.5, 0.6) is 0 Å². The van der Waals surface area contributed by atoms with Gasteiger partial charge in [-0.05, 0) is 49.0 Å². The van der Waals surface area contributed by atoms with Gasteiger partial charge in [0.25, 0.3) is 5.91 Å². The van der Waals surface area contributed by atoms with E-state index >= 15 is 0 Å². The third-order valence-corrected chi connectivity index (χ3v) is 7.65. The van der Waals surface area contributed by atoms with Crippen molar-refractivity contribution >= 4 is 34.1 Å². The Hall–Kier alpha value is -1.89. The van der Waals surface area contributed by atoms with Crippen LogP contribution in [0.15, 0.2) is 0 Å². The maximum atomic E-state index is 13.2. The molecular weight excluding hydrogens is 400 g/mol. The van der Waals surface area contributed by atoms with Gasteiger partial charge in [-0.1, -0.05) is 40.0 Å². The van der Waals surface area contributed by atoms with E-state index in [2.05, 4.69) is 31.4 Å². The van der Waals surface area contributed by atoms with E-state index in [-0.39, 0.29) is 36.1 Å². The minimum atomic E-state index is -1.00. The van der Waals surface area contributed by atoms with Gasteiger partial charge in [-0.2, -0.15) is 0 Å². The summed E-state index contributed by atoms with van der Waals surface area (Å²) >= 11 is 1.49. The lowest BCUT2D eigenvalue weighted by atomic mass is 9.72. The van der Waals surface area contributed by atoms with Crippen molar-refractivity contribution in [2.45, 2.75) is 91.0 Å². The number of hydrogen-bond donors (Lipinski definition) is 3. The highest BCUT2D eigenvalue weighted by Crippen LogP contribution is 2.44. The van der Waals surface area contributed by atoms with Gasteiger partial charge >= 0.3 is 5.97 Å². The summed E-state index contributed by atoms with van der Waals surface area (Å²) in [6.45, 7) is 6.75. The summed E-state index contributed by atoms with van der Waals surface area (Å²) in [5.41, 5.74) is 1.87. The Kier molecular flexibility index (Phi) is 7.22. The Morgan fingerprint density at radius 2 is 1.77 bits per heavy atom. The van der Waals surface area contributed by atoms with Crippen molar-refractivity contribution < 1.29 is 19.5 Å². The number of thiophene rings is 1. The third kappa shape index (κ3) is 5.62. The average molecular weight is 435 g/mol. The highest BCUT2D eigenvalue weighted by atomic mass is 32.1. The predicted molar refractivity (Wildman–Crippen MR) is 119 cm³/mol. The zero-order valence-corrected chi connectivity index (χ0v) is 19.1. The van der Waals surface area contributed by atoms with Crippen molar-refractivity contribution in [1.29, 1.82) is 0 Å². The van der Waals surface area contributed by atoms with Crippen molar-refractivity contribution in [2.75, 3.05) is 5.32 Å². The number of rotatable bonds is 6. The van der Waals surface area contributed by atoms with Gasteiger partial charge in [0.1, 0.15) is 5.00 Å². The van der Waals surface area contributed by atoms with Gasteiger partial charge in [-0.15, -0.1) is 11.3 Å². The molecule has 0 aromatic carbocycles. The Labute approximate surface area is 182 Å². The van der Waals surface area contributed by atoms with Crippen LogP contribution in [0, 0.1) is 11.3 Å². The monoisotopic (exact) mass is 434 g/mol. The molecule has 1 aromatic rings. The Bertz CT molecular complexity index is 803. The molecule has 2 amide bonds. The Morgan fingerprint density at radius 3 is 2.40 bits per heavy atom. The second-order valence-electron chi connectivity index (χ2n) is 9.76. The van der Waals surface area contributed by atoms with Crippen LogP contribution in [-0.4, -0.2) is 28.9 Å². The highest BCUT2D eigenvalue weighted by Gasteiger charge is 2.34. The van der Waals surface area contributed by atoms with Gasteiger partial charge in [0, 0.05) is 17.3 Å². The normalized spacial score (nSPS) is 19.8. The molecule has 0 bridgehead atoms. The summed E-state index contributed by atoms with van der Waals surface area (Å²) in [4.78, 5) is 37.5. The number of nitrogens with one attached hydrogen (secondary N) is 2. The fourth-order valence-corrected chi connectivity index (χ4v) is 5.91. The number of fused-ring (bicyclic) bond motifs is 1. The first-order valence-corrected chi connectivity index (χ1v) is 11.9. The topological polar surface area (TPSA) is 95.5 Å². The number of carbonyl (C=O) groups is 3. The Balaban J connectivity index is 1.84. The van der Waals surface area contributed by atoms with E-state index in [1.165, 1.54) is 22.6 Å². The molecule has 2 aliphatic rings. The van der Waals surface area contributed by atoms with Crippen molar-refractivity contribution in [3.63, 3.8) is 0 Å². The van der Waals surface area contributed by atoms with Crippen molar-refractivity contribution in [3.8, 4) is 0 Å². The third-order valence-electron chi connectivity index (χ3n) is 6.48. The van der Waals surface area contributed by atoms with Crippen LogP contribution < -0.4 is 10.6 Å². The van der Waals surface area contributed by atoms with Gasteiger partial charge in [-0.25, -0.2) is 0 Å². The van der Waals surface area contributed by atoms with Crippen LogP contribution in [0.25, 0.3) is 0 Å². The molecule has 2 aliphatic carbocycles. The largest absolute Gasteiger partial charge is 0.481 e. The fraction of sp³-hybridized carbons (Fsp3) is 0.696. The molecule has 1 aromatic heterocycles. The molecule has 0 spiro atoms. The van der Waals surface area contributed by atoms with Gasteiger partial charge in [-0.3, -0.25) is 14.4 Å². The molecule has 6 nitrogen and oxygen atoms in total. The van der Waals surface area contributed by atoms with E-state index in [9.17, 15) is 14.4 Å². The molecule has 166 valence electrons. The maximum Gasteiger partial charge on any atom is 0.303 e. The molecule has 1 saturated carbocycles. The molecule has 0 aliphatic heterocycles. The first-order chi connectivity index (χ1) is 14.1. The van der Waals surface area contributed by atoms with E-state index in [0.717, 1.165) is 50.5 Å². The smallest absolute Gasteiger partial charge is 0.303 e. The first kappa shape index (κ1) is 22.8. The zero-order valence-electron chi connectivity index (χ0n) is 18.3. The second-order valence-corrected chi connectivity index (χ2v) is 10.9. The number of amides is 2. The molecule has 1 atom stereocenters. The van der Waals surface area contributed by atoms with Crippen LogP contribution in [0.2, 0.25) is 0 Å². The molecule has 3 N–H and O–H groups in total. The van der Waals surface area contributed by atoms with E-state index in [1.54, 1.807) is 0 Å². The van der Waals surface area contributed by atoms with Crippen LogP contribution in [0.1, 0.15) is 92.9 Å². The molecule has 1 unspecified atom stereocenters. The van der Waals surface area contributed by atoms with Gasteiger partial charge < -0.3 is 15.7 Å². The number of carboxylic acids is 1. The summed E-state index contributed by atoms with van der Waals surface area (Å²) in [5, 5.41) is 15.5. The van der Waals surface area contributed by atoms with Gasteiger partial charge in [0.05, 0.1) is 12.0 Å². The maximum absolute atomic E-state index is 13.2. The minimum Gasteiger partial charge on any atom is -0.481 e. The summed E-state index contributed by atoms with van der Waals surface area (Å²) in [5.74, 6) is -0.912. The summed E-state index contributed by atoms with van der Waals surface area (Å²) in [6, 6.07) is 0.197. The summed E-state index contributed by atoms with van der Waals surface area (Å²) < 4.78 is 0. The van der Waals surface area contributed by atoms with E-state index < -0.39 is 5.97 Å². The molecule has 0 saturated heterocycles. The number of anilines is 1. The molecule has 3 rings (SSSR count). The SMILES string of the molecule is CC(C)(C)C1CCc2c(sc(NC(=O)CCC(=O)O)c2C(=O)NC2CCCCC2)C1. The predicted octanol–water partition coefficient (Wildman–Crippen LogP) is 4.76. The Morgan fingerprint density at radius 1 is 1.07 bits per heavy atom. The van der Waals surface area contributed by atoms with Crippen molar-refractivity contribution in [3.05, 3.63) is 16.0 Å². The fourth-order valence-electron chi connectivity index (χ4n) is 4.57. The van der Waals surface area contributed by atoms with Crippen LogP contribution in [-0.2, 0) is 22.4 Å². The second kappa shape index (κ2) is 9.50. The van der Waals surface area contributed by atoms with E-state index in [1.807, 2.05) is 0 Å². The number of carbonyl (C=O) groups excluding carboxylic acids is 2. The highest BCUT2D eigenvalue weighted by molar-refractivity contribution is 7.17. The van der Waals surface area contributed by atoms with Gasteiger partial charge in [0.15, 0.2) is 0 Å². The number of aliphatic carboxylic acids is 1. The first-order valence-electron chi connectivity index (χ1n) is 11.1. The van der Waals surface area contributed by atoms with Crippen molar-refractivity contribution in [1.82, 2.24) is 5.32 Å². The quantitative estimate of drug-likeness (QED) is 0.601. The van der Waals surface area contributed by atoms with Crippen LogP contribution >= 0.6 is 11.3 Å². The lowest BCUT2D eigenvalue weighted by molar-refractivity contribution is -0.138. The lowest BCUT2D eigenvalue weighted by Gasteiger charge is -2.34. The summed E-state index contributed by atoms with van der Waals surface area (Å²) in [7, 11) is 0. The lowest BCUT2D eigenvalue weighted by Crippen LogP contribution is -2.37. The standard InChI is InChI=1S/C23H34N2O4S/c1-23(2,3)14-9-10-16-17(13-14)30-22(25-18(26)11-12-19(27)28)20(16)21(29)24-15-7-5-4-6-8-15/h14-15H,4-13H2,1-3H3,(H,24,29)(H,25,26)(H,27,28). The number of hydrogen-bond acceptors (Lipinski definition) is 4. The molecule has 1 fully saturated rings. The van der Waals surface area contributed by atoms with E-state index in [4.69, 9.17) is 5.11 Å². The molecule has 30 heavy (non-hydrogen) atoms. The average Bonchev–Trinajstić information content (AvgIpc) is 3.03. The van der Waals surface area contributed by atoms with Crippen LogP contribution in [0.3, 0.4) is 0 Å². The minimum absolute atomic E-state index is 0.0911. The number of carboxylic acid groups (broad SMARTS) is 1. The van der Waals surface area contributed by atoms with Crippen molar-refractivity contribution in [2.24, 2.45) is 11.3 Å². The van der Waals surface area contributed by atoms with Crippen LogP contribution in [0.4, 0.5) is 5.00 Å². The molecule has 1 heterocycles. The molecule has 0 radical (unpaired) electrons. The summed E-state index contributed by atoms with van der Waals surface area (Å²) in [6.07, 6.45) is 7.98.